The molecule has 0 N–H and O–H groups in total. The fraction of sp³-hybridized carbons (Fsp3) is 1.00. The first kappa shape index (κ1) is 7.03. The Labute approximate surface area is 56.8 Å². The molecule has 1 heterocycles. The predicted octanol–water partition coefficient (Wildman–Crippen LogP) is 1.07. The number of hydrogen-bond donors (Lipinski definition) is 0. The fourth-order valence-corrected chi connectivity index (χ4v) is 1.33. The molecule has 1 fully saturated rings. The zero-order chi connectivity index (χ0) is 6.85. The van der Waals surface area contributed by atoms with Crippen molar-refractivity contribution < 1.29 is 4.74 Å². The second kappa shape index (κ2) is 2.67. The van der Waals surface area contributed by atoms with Crippen LogP contribution in [0.5, 0.6) is 0 Å². The summed E-state index contributed by atoms with van der Waals surface area (Å²) in [7, 11) is 0. The van der Waals surface area contributed by atoms with Crippen LogP contribution in [0.4, 0.5) is 0 Å². The highest BCUT2D eigenvalue weighted by molar-refractivity contribution is 4.70. The summed E-state index contributed by atoms with van der Waals surface area (Å²) < 4.78 is 5.49. The summed E-state index contributed by atoms with van der Waals surface area (Å²) in [6.45, 7) is 8.58. The standard InChI is InChI=1S/C7H15NO/c1-4-8-5-6(2)9-7(8)3/h6-7H,4-5H2,1-3H3/t6-,7?/m0/s1. The molecule has 0 aromatic rings. The monoisotopic (exact) mass is 129 g/mol. The van der Waals surface area contributed by atoms with Gasteiger partial charge in [-0.15, -0.1) is 0 Å². The number of rotatable bonds is 1. The maximum absolute atomic E-state index is 5.49. The van der Waals surface area contributed by atoms with Gasteiger partial charge in [0.1, 0.15) is 6.23 Å². The van der Waals surface area contributed by atoms with Gasteiger partial charge in [-0.25, -0.2) is 0 Å². The highest BCUT2D eigenvalue weighted by Crippen LogP contribution is 2.13. The maximum Gasteiger partial charge on any atom is 0.108 e. The quantitative estimate of drug-likeness (QED) is 0.525. The molecule has 1 saturated heterocycles. The van der Waals surface area contributed by atoms with E-state index in [1.165, 1.54) is 0 Å². The van der Waals surface area contributed by atoms with Crippen molar-refractivity contribution in [3.63, 3.8) is 0 Å². The molecule has 0 aromatic heterocycles. The molecule has 0 aliphatic carbocycles. The normalized spacial score (nSPS) is 37.7. The van der Waals surface area contributed by atoms with E-state index in [-0.39, 0.29) is 0 Å². The summed E-state index contributed by atoms with van der Waals surface area (Å²) in [4.78, 5) is 2.32. The van der Waals surface area contributed by atoms with Crippen LogP contribution in [0, 0.1) is 0 Å². The number of ether oxygens (including phenoxy) is 1. The number of nitrogens with zero attached hydrogens (tertiary/aromatic N) is 1. The van der Waals surface area contributed by atoms with E-state index in [0.29, 0.717) is 12.3 Å². The maximum atomic E-state index is 5.49. The topological polar surface area (TPSA) is 12.5 Å². The molecule has 1 aliphatic heterocycles. The van der Waals surface area contributed by atoms with Gasteiger partial charge in [0.2, 0.25) is 0 Å². The van der Waals surface area contributed by atoms with Gasteiger partial charge in [0.05, 0.1) is 6.10 Å². The zero-order valence-electron chi connectivity index (χ0n) is 6.42. The molecule has 1 rings (SSSR count). The Morgan fingerprint density at radius 2 is 2.22 bits per heavy atom. The lowest BCUT2D eigenvalue weighted by molar-refractivity contribution is 0.0221. The van der Waals surface area contributed by atoms with Crippen molar-refractivity contribution in [2.75, 3.05) is 13.1 Å². The molecule has 0 spiro atoms. The van der Waals surface area contributed by atoms with Gasteiger partial charge in [-0.05, 0) is 20.4 Å². The third kappa shape index (κ3) is 1.43. The highest BCUT2D eigenvalue weighted by atomic mass is 16.5. The summed E-state index contributed by atoms with van der Waals surface area (Å²) in [6, 6.07) is 0. The van der Waals surface area contributed by atoms with E-state index in [9.17, 15) is 0 Å². The Morgan fingerprint density at radius 3 is 2.44 bits per heavy atom. The Kier molecular flexibility index (Phi) is 2.09. The fourth-order valence-electron chi connectivity index (χ4n) is 1.33. The highest BCUT2D eigenvalue weighted by Gasteiger charge is 2.24. The van der Waals surface area contributed by atoms with Crippen LogP contribution in [0.15, 0.2) is 0 Å². The Balaban J connectivity index is 2.38. The lowest BCUT2D eigenvalue weighted by atomic mass is 10.4. The zero-order valence-corrected chi connectivity index (χ0v) is 6.42. The van der Waals surface area contributed by atoms with Crippen LogP contribution in [0.1, 0.15) is 20.8 Å². The van der Waals surface area contributed by atoms with Crippen LogP contribution >= 0.6 is 0 Å². The molecule has 1 unspecified atom stereocenters. The minimum atomic E-state index is 0.338. The second-order valence-electron chi connectivity index (χ2n) is 2.63. The Morgan fingerprint density at radius 1 is 1.56 bits per heavy atom. The van der Waals surface area contributed by atoms with Crippen LogP contribution < -0.4 is 0 Å². The number of likely N-dealkylation sites (N-methyl/N-ethyl adjacent to an activating group) is 1. The molecular formula is C7H15NO. The molecule has 0 radical (unpaired) electrons. The minimum absolute atomic E-state index is 0.338. The van der Waals surface area contributed by atoms with Crippen molar-refractivity contribution in [3.05, 3.63) is 0 Å². The van der Waals surface area contributed by atoms with Crippen LogP contribution in [0.2, 0.25) is 0 Å². The number of hydrogen-bond acceptors (Lipinski definition) is 2. The summed E-state index contributed by atoms with van der Waals surface area (Å²) in [5, 5.41) is 0. The van der Waals surface area contributed by atoms with Crippen molar-refractivity contribution in [2.24, 2.45) is 0 Å². The average molecular weight is 129 g/mol. The van der Waals surface area contributed by atoms with E-state index in [4.69, 9.17) is 4.74 Å². The molecule has 2 atom stereocenters. The summed E-state index contributed by atoms with van der Waals surface area (Å²) in [6.07, 6.45) is 0.768. The first-order chi connectivity index (χ1) is 4.24. The SMILES string of the molecule is CCN1C[C@H](C)OC1C. The third-order valence-electron chi connectivity index (χ3n) is 1.84. The third-order valence-corrected chi connectivity index (χ3v) is 1.84. The lowest BCUT2D eigenvalue weighted by Gasteiger charge is -2.15. The van der Waals surface area contributed by atoms with Crippen LogP contribution in [-0.2, 0) is 4.74 Å². The van der Waals surface area contributed by atoms with Crippen LogP contribution in [0.3, 0.4) is 0 Å². The van der Waals surface area contributed by atoms with Gasteiger partial charge in [0.25, 0.3) is 0 Å². The molecule has 54 valence electrons. The van der Waals surface area contributed by atoms with E-state index >= 15 is 0 Å². The molecular weight excluding hydrogens is 114 g/mol. The van der Waals surface area contributed by atoms with Gasteiger partial charge in [0, 0.05) is 6.54 Å². The summed E-state index contributed by atoms with van der Waals surface area (Å²) in [5.41, 5.74) is 0. The predicted molar refractivity (Wildman–Crippen MR) is 37.3 cm³/mol. The van der Waals surface area contributed by atoms with Crippen LogP contribution in [-0.4, -0.2) is 30.3 Å². The van der Waals surface area contributed by atoms with Gasteiger partial charge >= 0.3 is 0 Å². The Hall–Kier alpha value is -0.0800. The first-order valence-electron chi connectivity index (χ1n) is 3.63. The van der Waals surface area contributed by atoms with E-state index in [2.05, 4.69) is 25.7 Å². The van der Waals surface area contributed by atoms with Crippen molar-refractivity contribution >= 4 is 0 Å². The van der Waals surface area contributed by atoms with E-state index < -0.39 is 0 Å². The molecule has 0 saturated carbocycles. The molecule has 2 nitrogen and oxygen atoms in total. The largest absolute Gasteiger partial charge is 0.359 e. The smallest absolute Gasteiger partial charge is 0.108 e. The average Bonchev–Trinajstić information content (AvgIpc) is 2.10. The molecule has 0 bridgehead atoms. The van der Waals surface area contributed by atoms with Gasteiger partial charge < -0.3 is 4.74 Å². The molecule has 2 heteroatoms. The van der Waals surface area contributed by atoms with Crippen LogP contribution in [0.25, 0.3) is 0 Å². The first-order valence-corrected chi connectivity index (χ1v) is 3.63. The van der Waals surface area contributed by atoms with Gasteiger partial charge in [-0.2, -0.15) is 0 Å². The molecule has 0 aromatic carbocycles. The minimum Gasteiger partial charge on any atom is -0.359 e. The van der Waals surface area contributed by atoms with E-state index in [1.54, 1.807) is 0 Å². The van der Waals surface area contributed by atoms with Crippen molar-refractivity contribution in [2.45, 2.75) is 33.1 Å². The van der Waals surface area contributed by atoms with E-state index in [0.717, 1.165) is 13.1 Å². The summed E-state index contributed by atoms with van der Waals surface area (Å²) >= 11 is 0. The van der Waals surface area contributed by atoms with Crippen molar-refractivity contribution in [1.82, 2.24) is 4.90 Å². The summed E-state index contributed by atoms with van der Waals surface area (Å²) in [5.74, 6) is 0. The van der Waals surface area contributed by atoms with Gasteiger partial charge in [-0.3, -0.25) is 4.90 Å². The molecule has 0 amide bonds. The van der Waals surface area contributed by atoms with Crippen molar-refractivity contribution in [1.29, 1.82) is 0 Å². The van der Waals surface area contributed by atoms with E-state index in [1.807, 2.05) is 0 Å². The molecule has 9 heavy (non-hydrogen) atoms. The van der Waals surface area contributed by atoms with Gasteiger partial charge in [0.15, 0.2) is 0 Å². The van der Waals surface area contributed by atoms with Crippen molar-refractivity contribution in [3.8, 4) is 0 Å². The second-order valence-corrected chi connectivity index (χ2v) is 2.63. The molecule has 1 aliphatic rings. The Bertz CT molecular complexity index is 94.9. The lowest BCUT2D eigenvalue weighted by Crippen LogP contribution is -2.27. The van der Waals surface area contributed by atoms with Gasteiger partial charge in [-0.1, -0.05) is 6.92 Å².